The van der Waals surface area contributed by atoms with Crippen LogP contribution in [-0.2, 0) is 0 Å². The van der Waals surface area contributed by atoms with E-state index in [1.165, 1.54) is 6.16 Å². The fourth-order valence-corrected chi connectivity index (χ4v) is 93.5. The van der Waals surface area contributed by atoms with Gasteiger partial charge in [-0.05, 0) is 41.4 Å². The lowest BCUT2D eigenvalue weighted by Crippen LogP contribution is -1.63. The van der Waals surface area contributed by atoms with Crippen molar-refractivity contribution in [2.45, 2.75) is 6.92 Å². The molecule has 7 unspecified atom stereocenters. The molecule has 80 valence electrons. The second kappa shape index (κ2) is 9.63. The van der Waals surface area contributed by atoms with Crippen LogP contribution in [0, 0.1) is 0 Å². The summed E-state index contributed by atoms with van der Waals surface area (Å²) in [7, 11) is 18.5. The van der Waals surface area contributed by atoms with Crippen LogP contribution in [0.5, 0.6) is 0 Å². The first-order valence-electron chi connectivity index (χ1n) is 3.37. The zero-order chi connectivity index (χ0) is 10.6. The molecule has 0 aromatic heterocycles. The fourth-order valence-electron chi connectivity index (χ4n) is 0.740. The van der Waals surface area contributed by atoms with E-state index < -0.39 is 0 Å². The van der Waals surface area contributed by atoms with E-state index in [1.807, 2.05) is 0 Å². The molecule has 0 aliphatic heterocycles. The summed E-state index contributed by atoms with van der Waals surface area (Å²) in [6.45, 7) is 2.99. The van der Waals surface area contributed by atoms with Crippen molar-refractivity contribution in [3.8, 4) is 0 Å². The Balaban J connectivity index is 4.49. The van der Waals surface area contributed by atoms with Crippen LogP contribution in [0.1, 0.15) is 6.92 Å². The van der Waals surface area contributed by atoms with Gasteiger partial charge in [0.05, 0.1) is 0 Å². The molecule has 0 spiro atoms. The zero-order valence-electron chi connectivity index (χ0n) is 7.41. The molecule has 0 saturated carbocycles. The van der Waals surface area contributed by atoms with Gasteiger partial charge in [0.15, 0.2) is 0 Å². The van der Waals surface area contributed by atoms with Gasteiger partial charge in [-0.25, -0.2) is 0 Å². The van der Waals surface area contributed by atoms with Crippen molar-refractivity contribution in [2.24, 2.45) is 0 Å². The van der Waals surface area contributed by atoms with Gasteiger partial charge in [-0.1, -0.05) is 6.92 Å². The first-order chi connectivity index (χ1) is 5.91. The van der Waals surface area contributed by atoms with Crippen molar-refractivity contribution in [2.75, 3.05) is 6.16 Å². The second-order valence-corrected chi connectivity index (χ2v) is 43.9. The van der Waals surface area contributed by atoms with Crippen LogP contribution in [0.15, 0.2) is 0 Å². The van der Waals surface area contributed by atoms with E-state index in [-0.39, 0.29) is 35.2 Å². The largest absolute Gasteiger partial charge is 0.102 e. The molecule has 0 saturated heterocycles. The standard InChI is InChI=1S/C2H17P11/c1-2-9(10(3)4)13(11(5)6)12(7)8/h2-8H2,1H3. The molecule has 0 aliphatic carbocycles. The van der Waals surface area contributed by atoms with E-state index in [4.69, 9.17) is 0 Å². The quantitative estimate of drug-likeness (QED) is 0.458. The Hall–Kier alpha value is 4.73. The lowest BCUT2D eigenvalue weighted by Gasteiger charge is -2.35. The van der Waals surface area contributed by atoms with Gasteiger partial charge in [0.25, 0.3) is 0 Å². The molecule has 0 nitrogen and oxygen atoms in total. The second-order valence-electron chi connectivity index (χ2n) is 2.10. The summed E-state index contributed by atoms with van der Waals surface area (Å²) in [5.74, 6) is 0. The van der Waals surface area contributed by atoms with Crippen molar-refractivity contribution in [1.29, 1.82) is 0 Å². The average Bonchev–Trinajstić information content (AvgIpc) is 1.97. The fraction of sp³-hybridized carbons (Fsp3) is 1.00. The van der Waals surface area contributed by atoms with Crippen molar-refractivity contribution >= 4 is 88.8 Å². The highest BCUT2D eigenvalue weighted by atomic mass is 33.2. The van der Waals surface area contributed by atoms with Gasteiger partial charge in [0.2, 0.25) is 0 Å². The monoisotopic (exact) mass is 382 g/mol. The zero-order valence-corrected chi connectivity index (χ0v) is 18.8. The summed E-state index contributed by atoms with van der Waals surface area (Å²) < 4.78 is 0. The predicted octanol–water partition coefficient (Wildman–Crippen LogP) is 6.82. The van der Waals surface area contributed by atoms with E-state index in [0.717, 1.165) is 0 Å². The van der Waals surface area contributed by atoms with E-state index in [9.17, 15) is 0 Å². The molecule has 0 aliphatic rings. The predicted molar refractivity (Wildman–Crippen MR) is 103 cm³/mol. The minimum absolute atomic E-state index is 0.123. The summed E-state index contributed by atoms with van der Waals surface area (Å²) >= 11 is 0. The summed E-state index contributed by atoms with van der Waals surface area (Å²) in [6.07, 6.45) is 1.39. The third-order valence-electron chi connectivity index (χ3n) is 1.17. The Morgan fingerprint density at radius 2 is 1.15 bits per heavy atom. The first kappa shape index (κ1) is 17.7. The lowest BCUT2D eigenvalue weighted by atomic mass is 11.0. The maximum Gasteiger partial charge on any atom is -0.0102 e. The molecule has 0 bridgehead atoms. The van der Waals surface area contributed by atoms with Crippen LogP contribution < -0.4 is 0 Å². The van der Waals surface area contributed by atoms with Gasteiger partial charge in [-0.3, -0.25) is 0 Å². The maximum absolute atomic E-state index is 3.04. The van der Waals surface area contributed by atoms with E-state index in [0.29, 0.717) is 0 Å². The highest BCUT2D eigenvalue weighted by molar-refractivity contribution is 9.16. The Kier molecular flexibility index (Phi) is 13.1. The molecular weight excluding hydrogens is 365 g/mol. The molecule has 0 rings (SSSR count). The molecule has 0 heterocycles. The summed E-state index contributed by atoms with van der Waals surface area (Å²) in [5.41, 5.74) is 0. The third kappa shape index (κ3) is 7.03. The van der Waals surface area contributed by atoms with Crippen molar-refractivity contribution in [3.05, 3.63) is 0 Å². The lowest BCUT2D eigenvalue weighted by molar-refractivity contribution is 1.53. The molecule has 0 N–H and O–H groups in total. The van der Waals surface area contributed by atoms with Gasteiger partial charge in [0, 0.05) is 0 Å². The highest BCUT2D eigenvalue weighted by Gasteiger charge is 2.28. The average molecular weight is 382 g/mol. The molecule has 13 heavy (non-hydrogen) atoms. The topological polar surface area (TPSA) is 0 Å². The summed E-state index contributed by atoms with van der Waals surface area (Å²) in [6, 6.07) is 0. The van der Waals surface area contributed by atoms with E-state index in [2.05, 4.69) is 60.5 Å². The molecule has 0 radical (unpaired) electrons. The molecule has 0 amide bonds. The Labute approximate surface area is 102 Å². The highest BCUT2D eigenvalue weighted by Crippen LogP contribution is 3.14. The van der Waals surface area contributed by atoms with Crippen LogP contribution in [-0.4, -0.2) is 6.16 Å². The minimum Gasteiger partial charge on any atom is -0.102 e. The molecule has 7 atom stereocenters. The van der Waals surface area contributed by atoms with Gasteiger partial charge in [-0.2, -0.15) is 0 Å². The van der Waals surface area contributed by atoms with Gasteiger partial charge < -0.3 is 0 Å². The Bertz CT molecular complexity index is 122. The van der Waals surface area contributed by atoms with Gasteiger partial charge in [0.1, 0.15) is 0 Å². The smallest absolute Gasteiger partial charge is 0.0102 e. The van der Waals surface area contributed by atoms with Gasteiger partial charge in [-0.15, -0.1) is 53.6 Å². The molecule has 0 aromatic rings. The van der Waals surface area contributed by atoms with E-state index in [1.54, 1.807) is 0 Å². The molecule has 11 heteroatoms. The number of hydrogen-bond acceptors (Lipinski definition) is 0. The first-order valence-corrected chi connectivity index (χ1v) is 22.8. The normalized spacial score (nSPS) is 15.0. The molecule has 0 fully saturated rings. The van der Waals surface area contributed by atoms with Crippen LogP contribution in [0.4, 0.5) is 0 Å². The summed E-state index contributed by atoms with van der Waals surface area (Å²) in [5, 5.41) is 0. The Morgan fingerprint density at radius 3 is 1.23 bits per heavy atom. The van der Waals surface area contributed by atoms with Crippen molar-refractivity contribution < 1.29 is 0 Å². The van der Waals surface area contributed by atoms with Gasteiger partial charge >= 0.3 is 0 Å². The van der Waals surface area contributed by atoms with Crippen LogP contribution in [0.3, 0.4) is 0 Å². The molecule has 0 aromatic carbocycles. The Morgan fingerprint density at radius 1 is 0.769 bits per heavy atom. The van der Waals surface area contributed by atoms with Crippen LogP contribution in [0.25, 0.3) is 0 Å². The van der Waals surface area contributed by atoms with E-state index >= 15 is 0 Å². The minimum atomic E-state index is 0.123. The van der Waals surface area contributed by atoms with Crippen molar-refractivity contribution in [1.82, 2.24) is 0 Å². The summed E-state index contributed by atoms with van der Waals surface area (Å²) in [4.78, 5) is 0. The van der Waals surface area contributed by atoms with Crippen LogP contribution in [0.2, 0.25) is 0 Å². The third-order valence-corrected chi connectivity index (χ3v) is 58.7. The SMILES string of the molecule is CCP(P(P)P)P(P(P)P)P(P)P. The number of hydrogen-bond donors (Lipinski definition) is 0. The number of rotatable bonds is 5. The molecular formula is C2H17P11. The van der Waals surface area contributed by atoms with Crippen LogP contribution >= 0.6 is 88.8 Å². The maximum atomic E-state index is 3.04. The van der Waals surface area contributed by atoms with Crippen molar-refractivity contribution in [3.63, 3.8) is 0 Å².